The molecule has 0 radical (unpaired) electrons. The number of aromatic nitrogens is 1. The van der Waals surface area contributed by atoms with Crippen LogP contribution in [0.3, 0.4) is 0 Å². The van der Waals surface area contributed by atoms with Crippen molar-refractivity contribution in [2.75, 3.05) is 0 Å². The quantitative estimate of drug-likeness (QED) is 0.648. The van der Waals surface area contributed by atoms with Crippen molar-refractivity contribution >= 4 is 22.2 Å². The SMILES string of the molecule is Cc1cc(C=O)c(Br)cn1. The molecule has 0 fully saturated rings. The molecule has 1 rings (SSSR count). The van der Waals surface area contributed by atoms with Crippen LogP contribution in [0.25, 0.3) is 0 Å². The molecule has 0 unspecified atom stereocenters. The number of carbonyl (C=O) groups is 1. The average Bonchev–Trinajstić information content (AvgIpc) is 1.94. The number of pyridine rings is 1. The minimum Gasteiger partial charge on any atom is -0.298 e. The number of hydrogen-bond acceptors (Lipinski definition) is 2. The Hall–Kier alpha value is -0.700. The Morgan fingerprint density at radius 1 is 1.70 bits per heavy atom. The van der Waals surface area contributed by atoms with E-state index in [1.807, 2.05) is 6.92 Å². The molecule has 1 heterocycles. The fourth-order valence-electron chi connectivity index (χ4n) is 0.655. The van der Waals surface area contributed by atoms with Crippen LogP contribution in [0.15, 0.2) is 16.7 Å². The van der Waals surface area contributed by atoms with Gasteiger partial charge in [-0.25, -0.2) is 0 Å². The predicted molar refractivity (Wildman–Crippen MR) is 42.1 cm³/mol. The predicted octanol–water partition coefficient (Wildman–Crippen LogP) is 1.97. The molecule has 10 heavy (non-hydrogen) atoms. The van der Waals surface area contributed by atoms with E-state index in [-0.39, 0.29) is 0 Å². The van der Waals surface area contributed by atoms with Crippen LogP contribution in [-0.4, -0.2) is 11.3 Å². The Bertz CT molecular complexity index is 260. The Kier molecular flexibility index (Phi) is 2.17. The Labute approximate surface area is 67.4 Å². The second-order valence-electron chi connectivity index (χ2n) is 1.97. The highest BCUT2D eigenvalue weighted by Crippen LogP contribution is 2.13. The van der Waals surface area contributed by atoms with Gasteiger partial charge in [0.1, 0.15) is 0 Å². The van der Waals surface area contributed by atoms with Crippen LogP contribution in [0.5, 0.6) is 0 Å². The van der Waals surface area contributed by atoms with Crippen LogP contribution in [-0.2, 0) is 0 Å². The van der Waals surface area contributed by atoms with Gasteiger partial charge in [0.25, 0.3) is 0 Å². The lowest BCUT2D eigenvalue weighted by Crippen LogP contribution is -1.86. The minimum absolute atomic E-state index is 0.646. The molecule has 0 aromatic carbocycles. The lowest BCUT2D eigenvalue weighted by Gasteiger charge is -1.95. The van der Waals surface area contributed by atoms with Gasteiger partial charge in [-0.15, -0.1) is 0 Å². The van der Waals surface area contributed by atoms with Gasteiger partial charge in [0.05, 0.1) is 0 Å². The number of hydrogen-bond donors (Lipinski definition) is 0. The molecule has 52 valence electrons. The minimum atomic E-state index is 0.646. The van der Waals surface area contributed by atoms with E-state index in [1.165, 1.54) is 0 Å². The second kappa shape index (κ2) is 2.92. The summed E-state index contributed by atoms with van der Waals surface area (Å²) in [6.45, 7) is 1.85. The first kappa shape index (κ1) is 7.41. The molecule has 0 amide bonds. The molecule has 0 saturated heterocycles. The zero-order valence-corrected chi connectivity index (χ0v) is 7.05. The maximum absolute atomic E-state index is 10.3. The van der Waals surface area contributed by atoms with Crippen molar-refractivity contribution in [2.24, 2.45) is 0 Å². The molecular weight excluding hydrogens is 194 g/mol. The van der Waals surface area contributed by atoms with Crippen molar-refractivity contribution in [1.29, 1.82) is 0 Å². The van der Waals surface area contributed by atoms with Gasteiger partial charge in [0, 0.05) is 21.9 Å². The van der Waals surface area contributed by atoms with Gasteiger partial charge in [-0.05, 0) is 28.9 Å². The monoisotopic (exact) mass is 199 g/mol. The van der Waals surface area contributed by atoms with E-state index in [1.54, 1.807) is 12.3 Å². The Morgan fingerprint density at radius 2 is 2.40 bits per heavy atom. The Morgan fingerprint density at radius 3 is 2.90 bits per heavy atom. The molecule has 3 heteroatoms. The van der Waals surface area contributed by atoms with Crippen molar-refractivity contribution in [3.8, 4) is 0 Å². The summed E-state index contributed by atoms with van der Waals surface area (Å²) in [6, 6.07) is 1.73. The van der Waals surface area contributed by atoms with Crippen molar-refractivity contribution < 1.29 is 4.79 Å². The van der Waals surface area contributed by atoms with E-state index < -0.39 is 0 Å². The summed E-state index contributed by atoms with van der Waals surface area (Å²) in [5.41, 5.74) is 1.50. The molecule has 0 atom stereocenters. The highest BCUT2D eigenvalue weighted by atomic mass is 79.9. The first-order chi connectivity index (χ1) is 4.74. The smallest absolute Gasteiger partial charge is 0.151 e. The van der Waals surface area contributed by atoms with Crippen LogP contribution in [0.2, 0.25) is 0 Å². The molecule has 0 aliphatic carbocycles. The van der Waals surface area contributed by atoms with Gasteiger partial charge in [-0.2, -0.15) is 0 Å². The highest BCUT2D eigenvalue weighted by Gasteiger charge is 1.97. The molecule has 2 nitrogen and oxygen atoms in total. The first-order valence-corrected chi connectivity index (χ1v) is 3.60. The van der Waals surface area contributed by atoms with Crippen LogP contribution in [0.1, 0.15) is 16.1 Å². The lowest BCUT2D eigenvalue weighted by molar-refractivity contribution is 0.112. The van der Waals surface area contributed by atoms with Gasteiger partial charge < -0.3 is 0 Å². The first-order valence-electron chi connectivity index (χ1n) is 2.81. The summed E-state index contributed by atoms with van der Waals surface area (Å²) in [5, 5.41) is 0. The maximum atomic E-state index is 10.3. The number of aldehydes is 1. The highest BCUT2D eigenvalue weighted by molar-refractivity contribution is 9.10. The summed E-state index contributed by atoms with van der Waals surface area (Å²) in [7, 11) is 0. The molecule has 1 aromatic heterocycles. The van der Waals surface area contributed by atoms with Gasteiger partial charge >= 0.3 is 0 Å². The van der Waals surface area contributed by atoms with Crippen LogP contribution in [0.4, 0.5) is 0 Å². The third kappa shape index (κ3) is 1.42. The largest absolute Gasteiger partial charge is 0.298 e. The van der Waals surface area contributed by atoms with E-state index in [0.717, 1.165) is 16.5 Å². The van der Waals surface area contributed by atoms with Crippen LogP contribution in [0, 0.1) is 6.92 Å². The van der Waals surface area contributed by atoms with E-state index in [4.69, 9.17) is 0 Å². The molecule has 0 saturated carbocycles. The topological polar surface area (TPSA) is 30.0 Å². The van der Waals surface area contributed by atoms with Crippen molar-refractivity contribution in [3.63, 3.8) is 0 Å². The van der Waals surface area contributed by atoms with Gasteiger partial charge in [-0.1, -0.05) is 0 Å². The van der Waals surface area contributed by atoms with E-state index in [0.29, 0.717) is 5.56 Å². The summed E-state index contributed by atoms with van der Waals surface area (Å²) in [5.74, 6) is 0. The fourth-order valence-corrected chi connectivity index (χ4v) is 0.965. The second-order valence-corrected chi connectivity index (χ2v) is 2.82. The number of nitrogens with zero attached hydrogens (tertiary/aromatic N) is 1. The average molecular weight is 200 g/mol. The molecule has 0 spiro atoms. The zero-order chi connectivity index (χ0) is 7.56. The van der Waals surface area contributed by atoms with Gasteiger partial charge in [0.2, 0.25) is 0 Å². The van der Waals surface area contributed by atoms with E-state index in [9.17, 15) is 4.79 Å². The standard InChI is InChI=1S/C7H6BrNO/c1-5-2-6(4-10)7(8)3-9-5/h2-4H,1H3. The lowest BCUT2D eigenvalue weighted by atomic mass is 10.2. The van der Waals surface area contributed by atoms with Crippen molar-refractivity contribution in [2.45, 2.75) is 6.92 Å². The fraction of sp³-hybridized carbons (Fsp3) is 0.143. The van der Waals surface area contributed by atoms with Crippen LogP contribution >= 0.6 is 15.9 Å². The molecule has 0 bridgehead atoms. The van der Waals surface area contributed by atoms with Crippen LogP contribution < -0.4 is 0 Å². The zero-order valence-electron chi connectivity index (χ0n) is 5.47. The van der Waals surface area contributed by atoms with Gasteiger partial charge in [0.15, 0.2) is 6.29 Å². The Balaban J connectivity index is 3.21. The summed E-state index contributed by atoms with van der Waals surface area (Å²) in [6.07, 6.45) is 2.43. The summed E-state index contributed by atoms with van der Waals surface area (Å²) in [4.78, 5) is 14.3. The number of aryl methyl sites for hydroxylation is 1. The number of rotatable bonds is 1. The molecule has 0 aliphatic heterocycles. The summed E-state index contributed by atoms with van der Waals surface area (Å²) < 4.78 is 0.744. The number of halogens is 1. The third-order valence-electron chi connectivity index (χ3n) is 1.15. The molecule has 1 aromatic rings. The van der Waals surface area contributed by atoms with Crippen molar-refractivity contribution in [1.82, 2.24) is 4.98 Å². The molecule has 0 N–H and O–H groups in total. The third-order valence-corrected chi connectivity index (χ3v) is 1.81. The van der Waals surface area contributed by atoms with Gasteiger partial charge in [-0.3, -0.25) is 9.78 Å². The molecular formula is C7H6BrNO. The van der Waals surface area contributed by atoms with E-state index >= 15 is 0 Å². The normalized spacial score (nSPS) is 9.40. The van der Waals surface area contributed by atoms with E-state index in [2.05, 4.69) is 20.9 Å². The molecule has 0 aliphatic rings. The van der Waals surface area contributed by atoms with Crippen molar-refractivity contribution in [3.05, 3.63) is 28.0 Å². The maximum Gasteiger partial charge on any atom is 0.151 e. The number of carbonyl (C=O) groups excluding carboxylic acids is 1. The summed E-state index contributed by atoms with van der Waals surface area (Å²) >= 11 is 3.20.